The number of nitro benzene ring substituents is 1. The van der Waals surface area contributed by atoms with E-state index in [1.807, 2.05) is 0 Å². The van der Waals surface area contributed by atoms with Gasteiger partial charge >= 0.3 is 5.69 Å². The molecule has 2 aromatic carbocycles. The molecular weight excluding hydrogens is 394 g/mol. The van der Waals surface area contributed by atoms with Gasteiger partial charge in [0.15, 0.2) is 5.75 Å². The first-order chi connectivity index (χ1) is 11.9. The number of carbonyl (C=O) groups excluding carboxylic acids is 1. The third-order valence-corrected chi connectivity index (χ3v) is 3.53. The second-order valence-corrected chi connectivity index (χ2v) is 5.70. The minimum atomic E-state index is -0.727. The van der Waals surface area contributed by atoms with E-state index in [2.05, 4.69) is 26.5 Å². The molecule has 0 fully saturated rings. The van der Waals surface area contributed by atoms with Crippen molar-refractivity contribution in [3.63, 3.8) is 0 Å². The van der Waals surface area contributed by atoms with E-state index in [0.29, 0.717) is 11.1 Å². The Labute approximate surface area is 151 Å². The number of phenols is 1. The number of aromatic hydroxyl groups is 1. The maximum atomic E-state index is 12.0. The Bertz CT molecular complexity index is 839. The number of phenolic OH excluding ortho intramolecular Hbond substituents is 1. The van der Waals surface area contributed by atoms with Crippen LogP contribution in [0.3, 0.4) is 0 Å². The summed E-state index contributed by atoms with van der Waals surface area (Å²) in [5.74, 6) is -1.02. The van der Waals surface area contributed by atoms with E-state index in [4.69, 9.17) is 4.74 Å². The van der Waals surface area contributed by atoms with Gasteiger partial charge in [-0.3, -0.25) is 14.9 Å². The molecule has 0 saturated carbocycles. The summed E-state index contributed by atoms with van der Waals surface area (Å²) in [5.41, 5.74) is 2.51. The van der Waals surface area contributed by atoms with Crippen molar-refractivity contribution in [3.05, 3.63) is 62.1 Å². The van der Waals surface area contributed by atoms with Gasteiger partial charge in [0.1, 0.15) is 0 Å². The topological polar surface area (TPSA) is 114 Å². The standard InChI is InChI=1S/C16H14BrN3O5/c1-2-25-14-7-10(6-13(15(14)21)20(23)24)9-18-19-16(22)11-4-3-5-12(17)8-11/h3-9,21H,2H2,1H3,(H,19,22)/b18-9+. The Morgan fingerprint density at radius 3 is 2.84 bits per heavy atom. The number of hydrogen-bond acceptors (Lipinski definition) is 6. The molecule has 0 aromatic heterocycles. The Balaban J connectivity index is 2.20. The second kappa shape index (κ2) is 8.25. The monoisotopic (exact) mass is 407 g/mol. The normalized spacial score (nSPS) is 10.6. The van der Waals surface area contributed by atoms with E-state index in [1.165, 1.54) is 12.3 Å². The molecule has 0 radical (unpaired) electrons. The highest BCUT2D eigenvalue weighted by atomic mass is 79.9. The number of halogens is 1. The molecule has 25 heavy (non-hydrogen) atoms. The largest absolute Gasteiger partial charge is 0.500 e. The zero-order valence-electron chi connectivity index (χ0n) is 13.1. The third kappa shape index (κ3) is 4.77. The summed E-state index contributed by atoms with van der Waals surface area (Å²) in [4.78, 5) is 22.2. The number of nitrogens with zero attached hydrogens (tertiary/aromatic N) is 2. The van der Waals surface area contributed by atoms with Crippen LogP contribution < -0.4 is 10.2 Å². The van der Waals surface area contributed by atoms with Crippen LogP contribution in [0, 0.1) is 10.1 Å². The maximum absolute atomic E-state index is 12.0. The fraction of sp³-hybridized carbons (Fsp3) is 0.125. The summed E-state index contributed by atoms with van der Waals surface area (Å²) in [6.07, 6.45) is 1.23. The van der Waals surface area contributed by atoms with Crippen LogP contribution in [0.25, 0.3) is 0 Å². The molecule has 0 atom stereocenters. The Morgan fingerprint density at radius 1 is 1.44 bits per heavy atom. The highest BCUT2D eigenvalue weighted by Gasteiger charge is 2.19. The zero-order valence-corrected chi connectivity index (χ0v) is 14.7. The van der Waals surface area contributed by atoms with E-state index in [1.54, 1.807) is 31.2 Å². The van der Waals surface area contributed by atoms with Gasteiger partial charge in [-0.25, -0.2) is 5.43 Å². The lowest BCUT2D eigenvalue weighted by Crippen LogP contribution is -2.17. The summed E-state index contributed by atoms with van der Waals surface area (Å²) in [7, 11) is 0. The fourth-order valence-corrected chi connectivity index (χ4v) is 2.35. The van der Waals surface area contributed by atoms with Gasteiger partial charge in [-0.1, -0.05) is 22.0 Å². The molecule has 0 heterocycles. The van der Waals surface area contributed by atoms with Gasteiger partial charge in [-0.15, -0.1) is 0 Å². The van der Waals surface area contributed by atoms with Crippen molar-refractivity contribution in [2.75, 3.05) is 6.61 Å². The second-order valence-electron chi connectivity index (χ2n) is 4.79. The molecule has 0 spiro atoms. The van der Waals surface area contributed by atoms with Gasteiger partial charge < -0.3 is 9.84 Å². The predicted octanol–water partition coefficient (Wildman–Crippen LogP) is 3.23. The van der Waals surface area contributed by atoms with Gasteiger partial charge in [-0.05, 0) is 31.2 Å². The quantitative estimate of drug-likeness (QED) is 0.433. The lowest BCUT2D eigenvalue weighted by molar-refractivity contribution is -0.386. The summed E-state index contributed by atoms with van der Waals surface area (Å²) in [6.45, 7) is 1.91. The van der Waals surface area contributed by atoms with Crippen molar-refractivity contribution >= 4 is 33.7 Å². The zero-order chi connectivity index (χ0) is 18.4. The predicted molar refractivity (Wildman–Crippen MR) is 95.1 cm³/mol. The van der Waals surface area contributed by atoms with Crippen LogP contribution in [0.5, 0.6) is 11.5 Å². The Hall–Kier alpha value is -2.94. The molecule has 0 bridgehead atoms. The fourth-order valence-electron chi connectivity index (χ4n) is 1.95. The number of nitrogens with one attached hydrogen (secondary N) is 1. The average molecular weight is 408 g/mol. The molecule has 0 aliphatic carbocycles. The number of hydrogen-bond donors (Lipinski definition) is 2. The Kier molecular flexibility index (Phi) is 6.07. The third-order valence-electron chi connectivity index (χ3n) is 3.04. The molecule has 1 amide bonds. The van der Waals surface area contributed by atoms with Gasteiger partial charge in [0.25, 0.3) is 5.91 Å². The van der Waals surface area contributed by atoms with Crippen LogP contribution in [0.1, 0.15) is 22.8 Å². The van der Waals surface area contributed by atoms with Crippen molar-refractivity contribution in [1.29, 1.82) is 0 Å². The van der Waals surface area contributed by atoms with Crippen molar-refractivity contribution in [1.82, 2.24) is 5.43 Å². The molecular formula is C16H14BrN3O5. The van der Waals surface area contributed by atoms with Crippen molar-refractivity contribution < 1.29 is 19.6 Å². The number of rotatable bonds is 6. The highest BCUT2D eigenvalue weighted by molar-refractivity contribution is 9.10. The van der Waals surface area contributed by atoms with Crippen LogP contribution in [-0.4, -0.2) is 28.8 Å². The summed E-state index contributed by atoms with van der Waals surface area (Å²) in [6, 6.07) is 9.26. The molecule has 2 aromatic rings. The van der Waals surface area contributed by atoms with Gasteiger partial charge in [0.2, 0.25) is 5.75 Å². The number of carbonyl (C=O) groups is 1. The number of ether oxygens (including phenoxy) is 1. The number of amides is 1. The number of hydrazone groups is 1. The van der Waals surface area contributed by atoms with Gasteiger partial charge in [0.05, 0.1) is 17.7 Å². The number of nitro groups is 1. The van der Waals surface area contributed by atoms with Crippen molar-refractivity contribution in [2.24, 2.45) is 5.10 Å². The average Bonchev–Trinajstić information content (AvgIpc) is 2.57. The summed E-state index contributed by atoms with van der Waals surface area (Å²) < 4.78 is 5.92. The van der Waals surface area contributed by atoms with Crippen LogP contribution in [0.15, 0.2) is 46.0 Å². The van der Waals surface area contributed by atoms with Crippen LogP contribution in [0.2, 0.25) is 0 Å². The molecule has 0 aliphatic rings. The minimum Gasteiger partial charge on any atom is -0.500 e. The first-order valence-corrected chi connectivity index (χ1v) is 7.94. The van der Waals surface area contributed by atoms with Gasteiger partial charge in [-0.2, -0.15) is 5.10 Å². The SMILES string of the molecule is CCOc1cc(/C=N/NC(=O)c2cccc(Br)c2)cc([N+](=O)[O-])c1O. The van der Waals surface area contributed by atoms with Crippen LogP contribution in [0.4, 0.5) is 5.69 Å². The molecule has 2 N–H and O–H groups in total. The van der Waals surface area contributed by atoms with E-state index in [9.17, 15) is 20.0 Å². The molecule has 0 unspecified atom stereocenters. The molecule has 0 saturated heterocycles. The van der Waals surface area contributed by atoms with Crippen molar-refractivity contribution in [3.8, 4) is 11.5 Å². The summed E-state index contributed by atoms with van der Waals surface area (Å²) in [5, 5.41) is 24.6. The Morgan fingerprint density at radius 2 is 2.20 bits per heavy atom. The maximum Gasteiger partial charge on any atom is 0.315 e. The highest BCUT2D eigenvalue weighted by Crippen LogP contribution is 2.36. The lowest BCUT2D eigenvalue weighted by Gasteiger charge is -2.07. The van der Waals surface area contributed by atoms with E-state index in [-0.39, 0.29) is 12.4 Å². The number of benzene rings is 2. The van der Waals surface area contributed by atoms with E-state index in [0.717, 1.165) is 10.5 Å². The smallest absolute Gasteiger partial charge is 0.315 e. The molecule has 9 heteroatoms. The first kappa shape index (κ1) is 18.4. The van der Waals surface area contributed by atoms with Gasteiger partial charge in [0, 0.05) is 21.7 Å². The van der Waals surface area contributed by atoms with E-state index < -0.39 is 22.3 Å². The molecule has 2 rings (SSSR count). The van der Waals surface area contributed by atoms with Crippen LogP contribution >= 0.6 is 15.9 Å². The molecule has 8 nitrogen and oxygen atoms in total. The minimum absolute atomic E-state index is 0.0310. The van der Waals surface area contributed by atoms with Crippen LogP contribution in [-0.2, 0) is 0 Å². The molecule has 130 valence electrons. The van der Waals surface area contributed by atoms with Crippen molar-refractivity contribution in [2.45, 2.75) is 6.92 Å². The first-order valence-electron chi connectivity index (χ1n) is 7.15. The summed E-state index contributed by atoms with van der Waals surface area (Å²) >= 11 is 3.27. The van der Waals surface area contributed by atoms with E-state index >= 15 is 0 Å². The lowest BCUT2D eigenvalue weighted by atomic mass is 10.2. The molecule has 0 aliphatic heterocycles.